The van der Waals surface area contributed by atoms with Crippen molar-refractivity contribution < 1.29 is 18.8 Å². The first-order valence-electron chi connectivity index (χ1n) is 10.4. The van der Waals surface area contributed by atoms with E-state index in [0.29, 0.717) is 33.6 Å². The number of hydrogen-bond donors (Lipinski definition) is 1. The lowest BCUT2D eigenvalue weighted by Crippen LogP contribution is -2.21. The third kappa shape index (κ3) is 6.49. The van der Waals surface area contributed by atoms with Crippen molar-refractivity contribution in [2.75, 3.05) is 11.9 Å². The van der Waals surface area contributed by atoms with Gasteiger partial charge in [-0.2, -0.15) is 4.98 Å². The molecule has 0 atom stereocenters. The molecule has 1 amide bonds. The van der Waals surface area contributed by atoms with Crippen LogP contribution in [0, 0.1) is 6.92 Å². The minimum absolute atomic E-state index is 0.372. The zero-order chi connectivity index (χ0) is 23.8. The number of hydrogen-bond acceptors (Lipinski definition) is 8. The maximum Gasteiger partial charge on any atom is 0.339 e. The summed E-state index contributed by atoms with van der Waals surface area (Å²) < 4.78 is 10.4. The Balaban J connectivity index is 1.35. The number of para-hydroxylation sites is 1. The number of thioether (sulfide) groups is 1. The monoisotopic (exact) mass is 491 g/mol. The first kappa shape index (κ1) is 23.6. The number of benzene rings is 3. The largest absolute Gasteiger partial charge is 0.452 e. The zero-order valence-corrected chi connectivity index (χ0v) is 19.9. The van der Waals surface area contributed by atoms with Crippen LogP contribution in [-0.4, -0.2) is 28.6 Å². The molecule has 9 heteroatoms. The number of aryl methyl sites for hydroxylation is 1. The van der Waals surface area contributed by atoms with Gasteiger partial charge in [-0.3, -0.25) is 4.79 Å². The molecule has 4 aromatic rings. The van der Waals surface area contributed by atoms with E-state index in [0.717, 1.165) is 9.79 Å². The standard InChI is InChI=1S/C25H21N3O4S2/c1-17-26-24(32-28-17)16-33-21-13-7-5-11-19(21)25(30)31-15-23(29)27-20-12-6-8-14-22(20)34-18-9-3-2-4-10-18/h2-14H,15-16H2,1H3,(H,27,29). The SMILES string of the molecule is Cc1noc(CSc2ccccc2C(=O)OCC(=O)Nc2ccccc2Sc2ccccc2)n1. The van der Waals surface area contributed by atoms with E-state index in [2.05, 4.69) is 15.5 Å². The lowest BCUT2D eigenvalue weighted by atomic mass is 10.2. The van der Waals surface area contributed by atoms with E-state index in [1.807, 2.05) is 66.7 Å². The first-order valence-corrected chi connectivity index (χ1v) is 12.2. The van der Waals surface area contributed by atoms with E-state index < -0.39 is 18.5 Å². The Morgan fingerprint density at radius 1 is 0.941 bits per heavy atom. The third-order valence-electron chi connectivity index (χ3n) is 4.49. The molecular weight excluding hydrogens is 470 g/mol. The molecule has 1 aromatic heterocycles. The molecule has 0 aliphatic heterocycles. The minimum Gasteiger partial charge on any atom is -0.452 e. The molecule has 0 unspecified atom stereocenters. The van der Waals surface area contributed by atoms with Crippen LogP contribution in [0.15, 0.2) is 98.1 Å². The molecule has 34 heavy (non-hydrogen) atoms. The van der Waals surface area contributed by atoms with Crippen molar-refractivity contribution in [3.8, 4) is 0 Å². The van der Waals surface area contributed by atoms with E-state index in [1.165, 1.54) is 11.8 Å². The molecule has 0 radical (unpaired) electrons. The van der Waals surface area contributed by atoms with Crippen LogP contribution < -0.4 is 5.32 Å². The summed E-state index contributed by atoms with van der Waals surface area (Å²) in [6.45, 7) is 1.35. The topological polar surface area (TPSA) is 94.3 Å². The third-order valence-corrected chi connectivity index (χ3v) is 6.64. The first-order chi connectivity index (χ1) is 16.6. The summed E-state index contributed by atoms with van der Waals surface area (Å²) in [6.07, 6.45) is 0. The van der Waals surface area contributed by atoms with Gasteiger partial charge in [-0.15, -0.1) is 11.8 Å². The minimum atomic E-state index is -0.577. The van der Waals surface area contributed by atoms with Crippen molar-refractivity contribution >= 4 is 41.1 Å². The van der Waals surface area contributed by atoms with Crippen LogP contribution in [0.3, 0.4) is 0 Å². The molecule has 0 saturated carbocycles. The molecule has 1 heterocycles. The summed E-state index contributed by atoms with van der Waals surface area (Å²) in [5.41, 5.74) is 1.03. The van der Waals surface area contributed by atoms with E-state index in [1.54, 1.807) is 30.8 Å². The number of carbonyl (C=O) groups is 2. The van der Waals surface area contributed by atoms with Gasteiger partial charge in [0.2, 0.25) is 5.89 Å². The van der Waals surface area contributed by atoms with Gasteiger partial charge in [0.15, 0.2) is 12.4 Å². The van der Waals surface area contributed by atoms with Gasteiger partial charge in [0.1, 0.15) is 0 Å². The smallest absolute Gasteiger partial charge is 0.339 e. The Hall–Kier alpha value is -3.56. The van der Waals surface area contributed by atoms with Crippen LogP contribution in [-0.2, 0) is 15.3 Å². The molecule has 0 aliphatic carbocycles. The number of aromatic nitrogens is 2. The molecular formula is C25H21N3O4S2. The lowest BCUT2D eigenvalue weighted by molar-refractivity contribution is -0.119. The molecule has 1 N–H and O–H groups in total. The van der Waals surface area contributed by atoms with Crippen molar-refractivity contribution in [3.63, 3.8) is 0 Å². The van der Waals surface area contributed by atoms with E-state index in [9.17, 15) is 9.59 Å². The van der Waals surface area contributed by atoms with Crippen molar-refractivity contribution in [1.82, 2.24) is 10.1 Å². The van der Waals surface area contributed by atoms with Crippen LogP contribution in [0.1, 0.15) is 22.1 Å². The molecule has 172 valence electrons. The Morgan fingerprint density at radius 3 is 2.41 bits per heavy atom. The number of amides is 1. The molecule has 0 aliphatic rings. The van der Waals surface area contributed by atoms with Crippen LogP contribution in [0.4, 0.5) is 5.69 Å². The highest BCUT2D eigenvalue weighted by atomic mass is 32.2. The van der Waals surface area contributed by atoms with Crippen LogP contribution >= 0.6 is 23.5 Å². The van der Waals surface area contributed by atoms with Crippen LogP contribution in [0.5, 0.6) is 0 Å². The van der Waals surface area contributed by atoms with Crippen molar-refractivity contribution in [2.45, 2.75) is 27.4 Å². The lowest BCUT2D eigenvalue weighted by Gasteiger charge is -2.12. The van der Waals surface area contributed by atoms with Crippen molar-refractivity contribution in [2.24, 2.45) is 0 Å². The maximum atomic E-state index is 12.7. The zero-order valence-electron chi connectivity index (χ0n) is 18.3. The highest BCUT2D eigenvalue weighted by Gasteiger charge is 2.16. The molecule has 7 nitrogen and oxygen atoms in total. The number of rotatable bonds is 9. The number of nitrogens with zero attached hydrogens (tertiary/aromatic N) is 2. The summed E-state index contributed by atoms with van der Waals surface area (Å²) in [7, 11) is 0. The molecule has 0 saturated heterocycles. The van der Waals surface area contributed by atoms with Crippen LogP contribution in [0.2, 0.25) is 0 Å². The number of ether oxygens (including phenoxy) is 1. The molecule has 4 rings (SSSR count). The second kappa shape index (κ2) is 11.5. The number of esters is 1. The average molecular weight is 492 g/mol. The number of carbonyl (C=O) groups excluding carboxylic acids is 2. The summed E-state index contributed by atoms with van der Waals surface area (Å²) in [5, 5.41) is 6.59. The van der Waals surface area contributed by atoms with Crippen molar-refractivity contribution in [3.05, 3.63) is 96.1 Å². The fraction of sp³-hybridized carbons (Fsp3) is 0.120. The summed E-state index contributed by atoms with van der Waals surface area (Å²) in [4.78, 5) is 32.0. The summed E-state index contributed by atoms with van der Waals surface area (Å²) in [6, 6.07) is 24.4. The normalized spacial score (nSPS) is 10.6. The fourth-order valence-electron chi connectivity index (χ4n) is 2.97. The maximum absolute atomic E-state index is 12.7. The second-order valence-corrected chi connectivity index (χ2v) is 9.19. The molecule has 0 fully saturated rings. The number of anilines is 1. The summed E-state index contributed by atoms with van der Waals surface area (Å²) in [5.74, 6) is 0.449. The van der Waals surface area contributed by atoms with E-state index >= 15 is 0 Å². The quantitative estimate of drug-likeness (QED) is 0.238. The van der Waals surface area contributed by atoms with Gasteiger partial charge >= 0.3 is 5.97 Å². The highest BCUT2D eigenvalue weighted by molar-refractivity contribution is 7.99. The second-order valence-electron chi connectivity index (χ2n) is 7.06. The number of nitrogens with one attached hydrogen (secondary N) is 1. The average Bonchev–Trinajstić information content (AvgIpc) is 3.28. The summed E-state index contributed by atoms with van der Waals surface area (Å²) >= 11 is 2.92. The fourth-order valence-corrected chi connectivity index (χ4v) is 4.77. The van der Waals surface area contributed by atoms with Gasteiger partial charge in [-0.05, 0) is 43.3 Å². The van der Waals surface area contributed by atoms with Crippen molar-refractivity contribution in [1.29, 1.82) is 0 Å². The van der Waals surface area contributed by atoms with Crippen LogP contribution in [0.25, 0.3) is 0 Å². The van der Waals surface area contributed by atoms with Gasteiger partial charge in [-0.25, -0.2) is 4.79 Å². The Labute approximate surface area is 205 Å². The molecule has 3 aromatic carbocycles. The Kier molecular flexibility index (Phi) is 8.00. The van der Waals surface area contributed by atoms with E-state index in [-0.39, 0.29) is 0 Å². The predicted octanol–water partition coefficient (Wildman–Crippen LogP) is 5.62. The van der Waals surface area contributed by atoms with Gasteiger partial charge in [-0.1, -0.05) is 59.4 Å². The van der Waals surface area contributed by atoms with Gasteiger partial charge in [0, 0.05) is 14.7 Å². The van der Waals surface area contributed by atoms with Gasteiger partial charge in [0.05, 0.1) is 17.0 Å². The van der Waals surface area contributed by atoms with E-state index in [4.69, 9.17) is 9.26 Å². The Morgan fingerprint density at radius 2 is 1.65 bits per heavy atom. The van der Waals surface area contributed by atoms with Gasteiger partial charge in [0.25, 0.3) is 5.91 Å². The predicted molar refractivity (Wildman–Crippen MR) is 131 cm³/mol. The molecule has 0 bridgehead atoms. The Bertz CT molecular complexity index is 1280. The highest BCUT2D eigenvalue weighted by Crippen LogP contribution is 2.33. The van der Waals surface area contributed by atoms with Gasteiger partial charge < -0.3 is 14.6 Å². The molecule has 0 spiro atoms.